The predicted molar refractivity (Wildman–Crippen MR) is 85.0 cm³/mol. The minimum Gasteiger partial charge on any atom is -0.399 e. The fourth-order valence-electron chi connectivity index (χ4n) is 2.82. The Kier molecular flexibility index (Phi) is 3.55. The molecule has 114 valence electrons. The highest BCUT2D eigenvalue weighted by molar-refractivity contribution is 6.62. The van der Waals surface area contributed by atoms with E-state index in [1.165, 1.54) is 0 Å². The van der Waals surface area contributed by atoms with Gasteiger partial charge in [0.25, 0.3) is 0 Å². The maximum Gasteiger partial charge on any atom is 0.494 e. The third-order valence-corrected chi connectivity index (χ3v) is 4.92. The van der Waals surface area contributed by atoms with Gasteiger partial charge in [0.1, 0.15) is 0 Å². The Hall–Kier alpha value is -1.04. The van der Waals surface area contributed by atoms with Crippen LogP contribution in [0.4, 0.5) is 5.69 Å². The maximum atomic E-state index is 9.69. The lowest BCUT2D eigenvalue weighted by atomic mass is 9.79. The molecule has 0 aliphatic carbocycles. The van der Waals surface area contributed by atoms with Crippen LogP contribution in [0.15, 0.2) is 24.3 Å². The van der Waals surface area contributed by atoms with Gasteiger partial charge < -0.3 is 19.3 Å². The third kappa shape index (κ3) is 2.70. The lowest BCUT2D eigenvalue weighted by Gasteiger charge is -2.32. The van der Waals surface area contributed by atoms with Gasteiger partial charge in [-0.2, -0.15) is 0 Å². The average molecular weight is 289 g/mol. The molecule has 1 N–H and O–H groups in total. The van der Waals surface area contributed by atoms with Crippen molar-refractivity contribution in [3.05, 3.63) is 24.3 Å². The Bertz CT molecular complexity index is 516. The van der Waals surface area contributed by atoms with Gasteiger partial charge in [-0.3, -0.25) is 0 Å². The molecule has 2 saturated heterocycles. The maximum absolute atomic E-state index is 9.69. The Morgan fingerprint density at radius 3 is 2.43 bits per heavy atom. The number of hydrogen-bond donors (Lipinski definition) is 1. The lowest BCUT2D eigenvalue weighted by Crippen LogP contribution is -2.41. The van der Waals surface area contributed by atoms with Crippen molar-refractivity contribution in [2.75, 3.05) is 18.0 Å². The van der Waals surface area contributed by atoms with Crippen molar-refractivity contribution in [1.29, 1.82) is 0 Å². The van der Waals surface area contributed by atoms with Crippen LogP contribution in [-0.2, 0) is 9.31 Å². The molecule has 0 saturated carbocycles. The Morgan fingerprint density at radius 1 is 1.19 bits per heavy atom. The van der Waals surface area contributed by atoms with E-state index in [0.717, 1.165) is 24.1 Å². The Labute approximate surface area is 127 Å². The van der Waals surface area contributed by atoms with Gasteiger partial charge in [-0.05, 0) is 51.7 Å². The highest BCUT2D eigenvalue weighted by Crippen LogP contribution is 2.36. The zero-order valence-electron chi connectivity index (χ0n) is 13.3. The second-order valence-corrected chi connectivity index (χ2v) is 7.07. The fourth-order valence-corrected chi connectivity index (χ4v) is 2.82. The third-order valence-electron chi connectivity index (χ3n) is 4.92. The number of aliphatic hydroxyl groups is 1. The standard InChI is InChI=1S/C16H24BNO3/c1-15(2)16(3,4)21-17(20-15)12-6-5-7-13(10-12)18-9-8-14(19)11-18/h5-7,10,14,19H,8-9,11H2,1-4H3. The van der Waals surface area contributed by atoms with Crippen molar-refractivity contribution in [2.45, 2.75) is 51.4 Å². The molecule has 0 spiro atoms. The molecule has 1 atom stereocenters. The summed E-state index contributed by atoms with van der Waals surface area (Å²) < 4.78 is 12.2. The Balaban J connectivity index is 1.81. The summed E-state index contributed by atoms with van der Waals surface area (Å²) in [5.41, 5.74) is 1.51. The number of benzene rings is 1. The Morgan fingerprint density at radius 2 is 1.86 bits per heavy atom. The largest absolute Gasteiger partial charge is 0.494 e. The van der Waals surface area contributed by atoms with Gasteiger partial charge in [-0.1, -0.05) is 12.1 Å². The summed E-state index contributed by atoms with van der Waals surface area (Å²) >= 11 is 0. The molecule has 21 heavy (non-hydrogen) atoms. The van der Waals surface area contributed by atoms with E-state index in [0.29, 0.717) is 6.54 Å². The number of β-amino-alcohol motifs (C(OH)–C–C–N with tert-alkyl or cyclic N) is 1. The van der Waals surface area contributed by atoms with Crippen LogP contribution in [0.2, 0.25) is 0 Å². The quantitative estimate of drug-likeness (QED) is 0.839. The van der Waals surface area contributed by atoms with Gasteiger partial charge >= 0.3 is 7.12 Å². The van der Waals surface area contributed by atoms with Crippen molar-refractivity contribution in [2.24, 2.45) is 0 Å². The highest BCUT2D eigenvalue weighted by Gasteiger charge is 2.51. The van der Waals surface area contributed by atoms with Crippen LogP contribution in [0.5, 0.6) is 0 Å². The van der Waals surface area contributed by atoms with Crippen LogP contribution < -0.4 is 10.4 Å². The zero-order valence-corrected chi connectivity index (χ0v) is 13.3. The summed E-state index contributed by atoms with van der Waals surface area (Å²) in [6.07, 6.45) is 0.617. The predicted octanol–water partition coefficient (Wildman–Crippen LogP) is 1.56. The molecule has 2 aliphatic rings. The summed E-state index contributed by atoms with van der Waals surface area (Å²) in [5, 5.41) is 9.69. The van der Waals surface area contributed by atoms with E-state index < -0.39 is 0 Å². The van der Waals surface area contributed by atoms with Gasteiger partial charge in [-0.15, -0.1) is 0 Å². The average Bonchev–Trinajstić information content (AvgIpc) is 2.92. The van der Waals surface area contributed by atoms with Gasteiger partial charge in [0, 0.05) is 18.8 Å². The van der Waals surface area contributed by atoms with Crippen molar-refractivity contribution >= 4 is 18.3 Å². The van der Waals surface area contributed by atoms with Gasteiger partial charge in [0.05, 0.1) is 17.3 Å². The smallest absolute Gasteiger partial charge is 0.399 e. The van der Waals surface area contributed by atoms with Crippen molar-refractivity contribution < 1.29 is 14.4 Å². The molecular weight excluding hydrogens is 265 g/mol. The molecule has 2 fully saturated rings. The van der Waals surface area contributed by atoms with Gasteiger partial charge in [-0.25, -0.2) is 0 Å². The van der Waals surface area contributed by atoms with Crippen LogP contribution in [0.1, 0.15) is 34.1 Å². The lowest BCUT2D eigenvalue weighted by molar-refractivity contribution is 0.00578. The first-order valence-electron chi connectivity index (χ1n) is 7.67. The number of aliphatic hydroxyl groups excluding tert-OH is 1. The summed E-state index contributed by atoms with van der Waals surface area (Å²) in [5.74, 6) is 0. The number of nitrogens with zero attached hydrogens (tertiary/aromatic N) is 1. The summed E-state index contributed by atoms with van der Waals surface area (Å²) in [7, 11) is -0.331. The van der Waals surface area contributed by atoms with E-state index in [1.54, 1.807) is 0 Å². The molecule has 0 aromatic heterocycles. The first-order chi connectivity index (χ1) is 9.78. The van der Waals surface area contributed by atoms with Crippen LogP contribution in [0.25, 0.3) is 0 Å². The minimum atomic E-state index is -0.331. The minimum absolute atomic E-state index is 0.217. The van der Waals surface area contributed by atoms with E-state index in [-0.39, 0.29) is 24.4 Å². The van der Waals surface area contributed by atoms with Crippen molar-refractivity contribution in [3.63, 3.8) is 0 Å². The van der Waals surface area contributed by atoms with Crippen molar-refractivity contribution in [3.8, 4) is 0 Å². The highest BCUT2D eigenvalue weighted by atomic mass is 16.7. The van der Waals surface area contributed by atoms with Crippen LogP contribution >= 0.6 is 0 Å². The van der Waals surface area contributed by atoms with E-state index in [1.807, 2.05) is 12.1 Å². The molecule has 4 nitrogen and oxygen atoms in total. The van der Waals surface area contributed by atoms with Gasteiger partial charge in [0.2, 0.25) is 0 Å². The van der Waals surface area contributed by atoms with E-state index in [2.05, 4.69) is 44.7 Å². The number of rotatable bonds is 2. The summed E-state index contributed by atoms with van der Waals surface area (Å²) in [4.78, 5) is 2.21. The molecule has 2 heterocycles. The molecule has 1 aromatic carbocycles. The molecule has 1 aromatic rings. The summed E-state index contributed by atoms with van der Waals surface area (Å²) in [6, 6.07) is 8.26. The van der Waals surface area contributed by atoms with E-state index >= 15 is 0 Å². The van der Waals surface area contributed by atoms with Crippen LogP contribution in [0, 0.1) is 0 Å². The molecule has 2 aliphatic heterocycles. The monoisotopic (exact) mass is 289 g/mol. The molecule has 3 rings (SSSR count). The zero-order chi connectivity index (χ0) is 15.3. The van der Waals surface area contributed by atoms with Crippen LogP contribution in [0.3, 0.4) is 0 Å². The van der Waals surface area contributed by atoms with E-state index in [4.69, 9.17) is 9.31 Å². The first kappa shape index (κ1) is 14.9. The number of anilines is 1. The SMILES string of the molecule is CC1(C)OB(c2cccc(N3CCC(O)C3)c2)OC1(C)C. The number of hydrogen-bond acceptors (Lipinski definition) is 4. The first-order valence-corrected chi connectivity index (χ1v) is 7.67. The summed E-state index contributed by atoms with van der Waals surface area (Å²) in [6.45, 7) is 9.85. The fraction of sp³-hybridized carbons (Fsp3) is 0.625. The second-order valence-electron chi connectivity index (χ2n) is 7.07. The van der Waals surface area contributed by atoms with E-state index in [9.17, 15) is 5.11 Å². The molecule has 1 unspecified atom stereocenters. The normalized spacial score (nSPS) is 27.4. The molecule has 0 amide bonds. The van der Waals surface area contributed by atoms with Crippen LogP contribution in [-0.4, -0.2) is 42.6 Å². The molecule has 5 heteroatoms. The second kappa shape index (κ2) is 5.01. The topological polar surface area (TPSA) is 41.9 Å². The molecular formula is C16H24BNO3. The van der Waals surface area contributed by atoms with Crippen molar-refractivity contribution in [1.82, 2.24) is 0 Å². The molecule has 0 bridgehead atoms. The van der Waals surface area contributed by atoms with Gasteiger partial charge in [0.15, 0.2) is 0 Å². The molecule has 0 radical (unpaired) electrons.